The first-order chi connectivity index (χ1) is 18.6. The third-order valence-electron chi connectivity index (χ3n) is 7.15. The molecule has 0 aliphatic carbocycles. The van der Waals surface area contributed by atoms with Gasteiger partial charge in [0, 0.05) is 35.8 Å². The molecule has 0 aromatic carbocycles. The van der Waals surface area contributed by atoms with Crippen LogP contribution < -0.4 is 16.4 Å². The Hall–Kier alpha value is -4.00. The van der Waals surface area contributed by atoms with Gasteiger partial charge in [-0.1, -0.05) is 13.0 Å². The molecule has 13 heteroatoms. The van der Waals surface area contributed by atoms with Crippen molar-refractivity contribution < 1.29 is 18.0 Å². The van der Waals surface area contributed by atoms with E-state index in [-0.39, 0.29) is 29.9 Å². The van der Waals surface area contributed by atoms with Crippen LogP contribution in [-0.4, -0.2) is 54.4 Å². The van der Waals surface area contributed by atoms with Crippen LogP contribution in [0.25, 0.3) is 16.8 Å². The lowest BCUT2D eigenvalue weighted by Crippen LogP contribution is -2.33. The summed E-state index contributed by atoms with van der Waals surface area (Å²) in [7, 11) is 0. The van der Waals surface area contributed by atoms with Crippen LogP contribution in [-0.2, 0) is 6.18 Å². The van der Waals surface area contributed by atoms with E-state index in [0.29, 0.717) is 27.9 Å². The van der Waals surface area contributed by atoms with Crippen molar-refractivity contribution in [3.05, 3.63) is 59.8 Å². The van der Waals surface area contributed by atoms with Gasteiger partial charge in [-0.3, -0.25) is 14.5 Å². The lowest BCUT2D eigenvalue weighted by molar-refractivity contribution is -0.141. The summed E-state index contributed by atoms with van der Waals surface area (Å²) in [5.74, 6) is -0.104. The number of piperidine rings is 1. The number of carbonyl (C=O) groups is 1. The zero-order chi connectivity index (χ0) is 27.7. The molecule has 2 atom stereocenters. The monoisotopic (exact) mass is 541 g/mol. The van der Waals surface area contributed by atoms with Gasteiger partial charge in [0.2, 0.25) is 5.95 Å². The van der Waals surface area contributed by atoms with E-state index >= 15 is 0 Å². The molecule has 1 saturated heterocycles. The summed E-state index contributed by atoms with van der Waals surface area (Å²) in [6.07, 6.45) is 4.45. The molecule has 10 nitrogen and oxygen atoms in total. The van der Waals surface area contributed by atoms with E-state index in [2.05, 4.69) is 30.8 Å². The molecule has 4 aromatic heterocycles. The standard InChI is InChI=1S/C26H30F3N9O/c1-3-15(2)34-24(39)20-10-18(13-38-23(20)35-25(30)36-38)19-12-33-37(14-19)22(16-6-8-31-9-7-16)17-4-5-21(32-11-17)26(27,28)29/h4-5,10-16,22,31H,3,6-9H2,1-2H3,(H2,30,36)(H,34,39). The van der Waals surface area contributed by atoms with Crippen LogP contribution in [0.1, 0.15) is 60.8 Å². The second-order valence-corrected chi connectivity index (χ2v) is 9.88. The van der Waals surface area contributed by atoms with E-state index < -0.39 is 11.9 Å². The Bertz CT molecular complexity index is 1460. The molecule has 1 fully saturated rings. The van der Waals surface area contributed by atoms with Crippen LogP contribution in [0.15, 0.2) is 43.0 Å². The third kappa shape index (κ3) is 5.58. The number of anilines is 1. The third-order valence-corrected chi connectivity index (χ3v) is 7.15. The van der Waals surface area contributed by atoms with Crippen molar-refractivity contribution in [3.63, 3.8) is 0 Å². The number of nitrogen functional groups attached to an aromatic ring is 1. The molecule has 0 saturated carbocycles. The van der Waals surface area contributed by atoms with Gasteiger partial charge in [0.25, 0.3) is 5.91 Å². The Kier molecular flexibility index (Phi) is 7.25. The predicted molar refractivity (Wildman–Crippen MR) is 139 cm³/mol. The first kappa shape index (κ1) is 26.6. The van der Waals surface area contributed by atoms with E-state index in [1.54, 1.807) is 23.1 Å². The van der Waals surface area contributed by atoms with Crippen molar-refractivity contribution >= 4 is 17.5 Å². The van der Waals surface area contributed by atoms with Crippen LogP contribution in [0, 0.1) is 5.92 Å². The number of nitrogens with one attached hydrogen (secondary N) is 2. The SMILES string of the molecule is CCC(C)NC(=O)c1cc(-c2cnn(C(c3ccc(C(F)(F)F)nc3)C3CCNCC3)c2)cn2nc(N)nc12. The van der Waals surface area contributed by atoms with Crippen molar-refractivity contribution in [1.29, 1.82) is 0 Å². The van der Waals surface area contributed by atoms with Crippen molar-refractivity contribution in [2.24, 2.45) is 5.92 Å². The molecule has 0 radical (unpaired) electrons. The molecule has 0 bridgehead atoms. The second-order valence-electron chi connectivity index (χ2n) is 9.88. The maximum Gasteiger partial charge on any atom is 0.433 e. The number of carbonyl (C=O) groups excluding carboxylic acids is 1. The summed E-state index contributed by atoms with van der Waals surface area (Å²) in [6, 6.07) is 3.87. The van der Waals surface area contributed by atoms with E-state index in [4.69, 9.17) is 5.73 Å². The molecular weight excluding hydrogens is 511 g/mol. The lowest BCUT2D eigenvalue weighted by Gasteiger charge is -2.31. The van der Waals surface area contributed by atoms with Crippen molar-refractivity contribution in [3.8, 4) is 11.1 Å². The summed E-state index contributed by atoms with van der Waals surface area (Å²) < 4.78 is 42.7. The molecular formula is C26H30F3N9O. The Morgan fingerprint density at radius 2 is 1.97 bits per heavy atom. The number of pyridine rings is 2. The molecule has 206 valence electrons. The van der Waals surface area contributed by atoms with Gasteiger partial charge in [-0.05, 0) is 62.9 Å². The zero-order valence-electron chi connectivity index (χ0n) is 21.6. The summed E-state index contributed by atoms with van der Waals surface area (Å²) >= 11 is 0. The van der Waals surface area contributed by atoms with E-state index in [1.165, 1.54) is 16.8 Å². The van der Waals surface area contributed by atoms with Gasteiger partial charge < -0.3 is 16.4 Å². The molecule has 1 aliphatic heterocycles. The van der Waals surface area contributed by atoms with Gasteiger partial charge in [0.1, 0.15) is 5.69 Å². The van der Waals surface area contributed by atoms with Gasteiger partial charge in [-0.25, -0.2) is 4.52 Å². The van der Waals surface area contributed by atoms with Crippen LogP contribution in [0.5, 0.6) is 0 Å². The highest BCUT2D eigenvalue weighted by molar-refractivity contribution is 6.01. The quantitative estimate of drug-likeness (QED) is 0.325. The number of nitrogens with zero attached hydrogens (tertiary/aromatic N) is 6. The Morgan fingerprint density at radius 3 is 2.64 bits per heavy atom. The van der Waals surface area contributed by atoms with Gasteiger partial charge in [0.05, 0.1) is 17.8 Å². The summed E-state index contributed by atoms with van der Waals surface area (Å²) in [6.45, 7) is 5.51. The number of amides is 1. The maximum absolute atomic E-state index is 13.1. The van der Waals surface area contributed by atoms with Gasteiger partial charge >= 0.3 is 6.18 Å². The number of alkyl halides is 3. The zero-order valence-corrected chi connectivity index (χ0v) is 21.6. The average molecular weight is 542 g/mol. The topological polar surface area (TPSA) is 128 Å². The van der Waals surface area contributed by atoms with E-state index in [0.717, 1.165) is 38.4 Å². The maximum atomic E-state index is 13.1. The fourth-order valence-corrected chi connectivity index (χ4v) is 4.92. The Morgan fingerprint density at radius 1 is 1.21 bits per heavy atom. The van der Waals surface area contributed by atoms with Gasteiger partial charge in [-0.2, -0.15) is 23.3 Å². The minimum atomic E-state index is -4.51. The summed E-state index contributed by atoms with van der Waals surface area (Å²) in [5.41, 5.74) is 7.60. The van der Waals surface area contributed by atoms with Crippen LogP contribution in [0.2, 0.25) is 0 Å². The highest BCUT2D eigenvalue weighted by atomic mass is 19.4. The molecule has 4 N–H and O–H groups in total. The van der Waals surface area contributed by atoms with Crippen molar-refractivity contribution in [1.82, 2.24) is 40.0 Å². The predicted octanol–water partition coefficient (Wildman–Crippen LogP) is 3.71. The second kappa shape index (κ2) is 10.6. The number of fused-ring (bicyclic) bond motifs is 1. The molecule has 1 aliphatic rings. The van der Waals surface area contributed by atoms with E-state index in [1.807, 2.05) is 20.0 Å². The average Bonchev–Trinajstić information content (AvgIpc) is 3.54. The molecule has 2 unspecified atom stereocenters. The normalized spacial score (nSPS) is 16.3. The van der Waals surface area contributed by atoms with Gasteiger partial charge in [0.15, 0.2) is 5.65 Å². The summed E-state index contributed by atoms with van der Waals surface area (Å²) in [5, 5.41) is 15.1. The van der Waals surface area contributed by atoms with Crippen LogP contribution in [0.4, 0.5) is 19.1 Å². The number of rotatable bonds is 7. The fourth-order valence-electron chi connectivity index (χ4n) is 4.92. The Labute approximate surface area is 222 Å². The Balaban J connectivity index is 1.53. The first-order valence-electron chi connectivity index (χ1n) is 12.9. The highest BCUT2D eigenvalue weighted by Crippen LogP contribution is 2.35. The number of hydrogen-bond donors (Lipinski definition) is 3. The number of hydrogen-bond acceptors (Lipinski definition) is 7. The number of nitrogens with two attached hydrogens (primary N) is 1. The fraction of sp³-hybridized carbons (Fsp3) is 0.423. The largest absolute Gasteiger partial charge is 0.433 e. The lowest BCUT2D eigenvalue weighted by atomic mass is 9.86. The summed E-state index contributed by atoms with van der Waals surface area (Å²) in [4.78, 5) is 21.0. The van der Waals surface area contributed by atoms with Crippen molar-refractivity contribution in [2.45, 2.75) is 51.4 Å². The minimum Gasteiger partial charge on any atom is -0.366 e. The first-order valence-corrected chi connectivity index (χ1v) is 12.9. The molecule has 0 spiro atoms. The number of halogens is 3. The molecule has 5 heterocycles. The highest BCUT2D eigenvalue weighted by Gasteiger charge is 2.33. The molecule has 1 amide bonds. The van der Waals surface area contributed by atoms with E-state index in [9.17, 15) is 18.0 Å². The smallest absolute Gasteiger partial charge is 0.366 e. The number of aromatic nitrogens is 6. The minimum absolute atomic E-state index is 0.0349. The molecule has 4 aromatic rings. The molecule has 5 rings (SSSR count). The van der Waals surface area contributed by atoms with Gasteiger partial charge in [-0.15, -0.1) is 5.10 Å². The van der Waals surface area contributed by atoms with Crippen LogP contribution >= 0.6 is 0 Å². The van der Waals surface area contributed by atoms with Crippen LogP contribution in [0.3, 0.4) is 0 Å². The van der Waals surface area contributed by atoms with Crippen molar-refractivity contribution in [2.75, 3.05) is 18.8 Å². The molecule has 39 heavy (non-hydrogen) atoms.